The molecule has 0 unspecified atom stereocenters. The summed E-state index contributed by atoms with van der Waals surface area (Å²) in [6.45, 7) is 5.91. The Labute approximate surface area is 230 Å². The summed E-state index contributed by atoms with van der Waals surface area (Å²) < 4.78 is 44.8. The smallest absolute Gasteiger partial charge is 0.238 e. The van der Waals surface area contributed by atoms with Gasteiger partial charge in [-0.25, -0.2) is 13.2 Å². The van der Waals surface area contributed by atoms with Crippen LogP contribution in [-0.4, -0.2) is 41.2 Å². The molecular formula is C29H33ClF3N3O3. The van der Waals surface area contributed by atoms with Crippen molar-refractivity contribution in [3.05, 3.63) is 63.9 Å². The number of benzene rings is 2. The third kappa shape index (κ3) is 4.83. The third-order valence-corrected chi connectivity index (χ3v) is 8.63. The van der Waals surface area contributed by atoms with Gasteiger partial charge < -0.3 is 21.1 Å². The van der Waals surface area contributed by atoms with Crippen LogP contribution in [0.25, 0.3) is 0 Å². The number of anilines is 1. The van der Waals surface area contributed by atoms with Crippen LogP contribution in [0.1, 0.15) is 69.9 Å². The van der Waals surface area contributed by atoms with Crippen molar-refractivity contribution in [2.75, 3.05) is 5.32 Å². The van der Waals surface area contributed by atoms with E-state index in [2.05, 4.69) is 16.0 Å². The lowest BCUT2D eigenvalue weighted by Gasteiger charge is -2.38. The minimum atomic E-state index is -1.63. The zero-order valence-corrected chi connectivity index (χ0v) is 22.8. The number of amides is 2. The van der Waals surface area contributed by atoms with Crippen LogP contribution in [0.15, 0.2) is 30.3 Å². The van der Waals surface area contributed by atoms with Gasteiger partial charge in [-0.3, -0.25) is 9.59 Å². The van der Waals surface area contributed by atoms with Gasteiger partial charge in [0.15, 0.2) is 11.6 Å². The Hall–Kier alpha value is -2.62. The molecule has 210 valence electrons. The van der Waals surface area contributed by atoms with E-state index in [4.69, 9.17) is 11.6 Å². The van der Waals surface area contributed by atoms with Crippen LogP contribution < -0.4 is 16.0 Å². The molecule has 0 aromatic heterocycles. The van der Waals surface area contributed by atoms with Crippen molar-refractivity contribution in [3.8, 4) is 0 Å². The standard InChI is InChI=1S/C29H33ClF3N3O3/c1-28(2,3)13-22-29(17-11-19(31)20(32)12-21(17)35-27(29)39)23(16-5-4-6-18(30)24(16)33)25(36-22)26(38)34-14-7-9-15(37)10-8-14/h4-6,11-12,14-15,22-23,25,36-37H,7-10,13H2,1-3H3,(H,34,38)(H,35,39)/t14-,15-,22-,23-,25+,29+/m0/s1. The van der Waals surface area contributed by atoms with E-state index in [0.717, 1.165) is 12.1 Å². The number of fused-ring (bicyclic) bond motifs is 2. The SMILES string of the molecule is CC(C)(C)C[C@@H]1N[C@@H](C(=O)N[C@H]2CC[C@H](O)CC2)[C@H](c2cccc(Cl)c2F)[C@]12C(=O)Nc1cc(F)c(F)cc12. The average Bonchev–Trinajstić information content (AvgIpc) is 3.32. The summed E-state index contributed by atoms with van der Waals surface area (Å²) in [5.74, 6) is -5.15. The van der Waals surface area contributed by atoms with Gasteiger partial charge in [-0.2, -0.15) is 0 Å². The molecule has 5 rings (SSSR count). The second kappa shape index (κ2) is 10.1. The fraction of sp³-hybridized carbons (Fsp3) is 0.517. The van der Waals surface area contributed by atoms with Crippen molar-refractivity contribution in [1.82, 2.24) is 10.6 Å². The van der Waals surface area contributed by atoms with E-state index in [1.54, 1.807) is 6.07 Å². The van der Waals surface area contributed by atoms with E-state index in [1.807, 2.05) is 20.8 Å². The minimum Gasteiger partial charge on any atom is -0.393 e. The topological polar surface area (TPSA) is 90.5 Å². The predicted molar refractivity (Wildman–Crippen MR) is 142 cm³/mol. The molecule has 0 bridgehead atoms. The van der Waals surface area contributed by atoms with Gasteiger partial charge in [0.2, 0.25) is 11.8 Å². The predicted octanol–water partition coefficient (Wildman–Crippen LogP) is 4.93. The van der Waals surface area contributed by atoms with Gasteiger partial charge in [-0.05, 0) is 60.8 Å². The second-order valence-electron chi connectivity index (χ2n) is 12.2. The molecule has 2 aromatic carbocycles. The highest BCUT2D eigenvalue weighted by Crippen LogP contribution is 2.57. The number of halogens is 4. The maximum Gasteiger partial charge on any atom is 0.238 e. The molecule has 39 heavy (non-hydrogen) atoms. The summed E-state index contributed by atoms with van der Waals surface area (Å²) >= 11 is 6.18. The molecule has 3 aliphatic rings. The van der Waals surface area contributed by atoms with Gasteiger partial charge >= 0.3 is 0 Å². The zero-order valence-electron chi connectivity index (χ0n) is 22.1. The number of rotatable bonds is 4. The molecule has 4 atom stereocenters. The molecule has 2 aliphatic heterocycles. The largest absolute Gasteiger partial charge is 0.393 e. The van der Waals surface area contributed by atoms with E-state index in [9.17, 15) is 23.5 Å². The highest BCUT2D eigenvalue weighted by molar-refractivity contribution is 6.30. The van der Waals surface area contributed by atoms with Gasteiger partial charge in [0.05, 0.1) is 17.2 Å². The molecule has 10 heteroatoms. The monoisotopic (exact) mass is 563 g/mol. The Morgan fingerprint density at radius 1 is 1.13 bits per heavy atom. The van der Waals surface area contributed by atoms with Crippen LogP contribution in [0.4, 0.5) is 18.9 Å². The fourth-order valence-electron chi connectivity index (χ4n) is 6.68. The van der Waals surface area contributed by atoms with Crippen molar-refractivity contribution < 1.29 is 27.9 Å². The first-order chi connectivity index (χ1) is 18.3. The summed E-state index contributed by atoms with van der Waals surface area (Å²) in [4.78, 5) is 27.9. The van der Waals surface area contributed by atoms with Gasteiger partial charge in [0, 0.05) is 29.8 Å². The molecule has 1 saturated carbocycles. The Morgan fingerprint density at radius 2 is 1.79 bits per heavy atom. The summed E-state index contributed by atoms with van der Waals surface area (Å²) in [5.41, 5.74) is -1.68. The Kier molecular flexibility index (Phi) is 7.23. The van der Waals surface area contributed by atoms with E-state index in [1.165, 1.54) is 12.1 Å². The van der Waals surface area contributed by atoms with Crippen LogP contribution in [0.3, 0.4) is 0 Å². The molecular weight excluding hydrogens is 531 g/mol. The first kappa shape index (κ1) is 27.9. The van der Waals surface area contributed by atoms with Gasteiger partial charge in [-0.15, -0.1) is 0 Å². The van der Waals surface area contributed by atoms with E-state index in [-0.39, 0.29) is 33.3 Å². The lowest BCUT2D eigenvalue weighted by Crippen LogP contribution is -2.50. The molecule has 2 fully saturated rings. The summed E-state index contributed by atoms with van der Waals surface area (Å²) in [6, 6.07) is 4.32. The molecule has 4 N–H and O–H groups in total. The molecule has 2 heterocycles. The van der Waals surface area contributed by atoms with Crippen LogP contribution in [-0.2, 0) is 15.0 Å². The van der Waals surface area contributed by atoms with Crippen LogP contribution in [0, 0.1) is 22.9 Å². The van der Waals surface area contributed by atoms with Crippen molar-refractivity contribution >= 4 is 29.1 Å². The Bertz CT molecular complexity index is 1310. The number of carbonyl (C=O) groups is 2. The van der Waals surface area contributed by atoms with E-state index < -0.39 is 58.8 Å². The van der Waals surface area contributed by atoms with Crippen molar-refractivity contribution in [1.29, 1.82) is 0 Å². The van der Waals surface area contributed by atoms with E-state index >= 15 is 4.39 Å². The normalized spacial score (nSPS) is 30.4. The summed E-state index contributed by atoms with van der Waals surface area (Å²) in [7, 11) is 0. The highest BCUT2D eigenvalue weighted by atomic mass is 35.5. The number of nitrogens with one attached hydrogen (secondary N) is 3. The van der Waals surface area contributed by atoms with Crippen molar-refractivity contribution in [2.24, 2.45) is 5.41 Å². The highest BCUT2D eigenvalue weighted by Gasteiger charge is 2.66. The zero-order chi connectivity index (χ0) is 28.3. The molecule has 0 radical (unpaired) electrons. The number of aliphatic hydroxyl groups is 1. The van der Waals surface area contributed by atoms with Crippen molar-refractivity contribution in [3.63, 3.8) is 0 Å². The lowest BCUT2D eigenvalue weighted by atomic mass is 9.62. The number of hydrogen-bond acceptors (Lipinski definition) is 4. The van der Waals surface area contributed by atoms with Gasteiger partial charge in [-0.1, -0.05) is 44.5 Å². The number of carbonyl (C=O) groups excluding carboxylic acids is 2. The minimum absolute atomic E-state index is 0.0401. The molecule has 2 aromatic rings. The molecule has 1 saturated heterocycles. The second-order valence-corrected chi connectivity index (χ2v) is 12.6. The fourth-order valence-corrected chi connectivity index (χ4v) is 6.86. The summed E-state index contributed by atoms with van der Waals surface area (Å²) in [6.07, 6.45) is 2.22. The number of hydrogen-bond donors (Lipinski definition) is 4. The molecule has 6 nitrogen and oxygen atoms in total. The van der Waals surface area contributed by atoms with Crippen LogP contribution in [0.2, 0.25) is 5.02 Å². The quantitative estimate of drug-likeness (QED) is 0.425. The maximum absolute atomic E-state index is 15.8. The first-order valence-corrected chi connectivity index (χ1v) is 13.7. The van der Waals surface area contributed by atoms with Gasteiger partial charge in [0.25, 0.3) is 0 Å². The molecule has 1 spiro atoms. The van der Waals surface area contributed by atoms with Crippen molar-refractivity contribution in [2.45, 2.75) is 88.4 Å². The third-order valence-electron chi connectivity index (χ3n) is 8.34. The first-order valence-electron chi connectivity index (χ1n) is 13.3. The maximum atomic E-state index is 15.8. The van der Waals surface area contributed by atoms with Gasteiger partial charge in [0.1, 0.15) is 11.2 Å². The molecule has 2 amide bonds. The lowest BCUT2D eigenvalue weighted by molar-refractivity contribution is -0.124. The average molecular weight is 564 g/mol. The Balaban J connectivity index is 1.69. The number of aliphatic hydroxyl groups excluding tert-OH is 1. The van der Waals surface area contributed by atoms with E-state index in [0.29, 0.717) is 32.1 Å². The van der Waals surface area contributed by atoms with Crippen LogP contribution in [0.5, 0.6) is 0 Å². The summed E-state index contributed by atoms with van der Waals surface area (Å²) in [5, 5.41) is 18.8. The Morgan fingerprint density at radius 3 is 2.46 bits per heavy atom. The van der Waals surface area contributed by atoms with Crippen LogP contribution >= 0.6 is 11.6 Å². The molecule has 1 aliphatic carbocycles.